The van der Waals surface area contributed by atoms with E-state index in [1.54, 1.807) is 0 Å². The van der Waals surface area contributed by atoms with Crippen molar-refractivity contribution in [3.63, 3.8) is 0 Å². The molecule has 4 heteroatoms. The molecule has 0 aliphatic rings. The average Bonchev–Trinajstić information content (AvgIpc) is 2.26. The molecule has 0 fully saturated rings. The van der Waals surface area contributed by atoms with Crippen molar-refractivity contribution in [2.24, 2.45) is 4.40 Å². The fraction of sp³-hybridized carbons (Fsp3) is 0.500. The van der Waals surface area contributed by atoms with Crippen molar-refractivity contribution in [1.29, 1.82) is 0 Å². The molecule has 0 N–H and O–H groups in total. The number of hydrogen-bond acceptors (Lipinski definition) is 2. The zero-order valence-corrected chi connectivity index (χ0v) is 12.9. The first kappa shape index (κ1) is 15.5. The number of rotatable bonds is 4. The molecule has 0 bridgehead atoms. The van der Waals surface area contributed by atoms with Gasteiger partial charge in [0.25, 0.3) is 0 Å². The number of benzene rings is 1. The molecular weight excluding hydrogens is 266 g/mol. The zero-order chi connectivity index (χ0) is 13.8. The SMILES string of the molecule is C/C(CCc1ccccc1Cl)=N/[S@@+]([O-])C(C)(C)C. The summed E-state index contributed by atoms with van der Waals surface area (Å²) in [6.07, 6.45) is 1.61. The summed E-state index contributed by atoms with van der Waals surface area (Å²) in [6.45, 7) is 7.69. The van der Waals surface area contributed by atoms with Crippen molar-refractivity contribution in [2.75, 3.05) is 0 Å². The van der Waals surface area contributed by atoms with Crippen LogP contribution in [0.4, 0.5) is 0 Å². The van der Waals surface area contributed by atoms with Crippen LogP contribution in [0.3, 0.4) is 0 Å². The van der Waals surface area contributed by atoms with Gasteiger partial charge in [0.05, 0.1) is 5.71 Å². The van der Waals surface area contributed by atoms with Crippen molar-refractivity contribution >= 4 is 28.7 Å². The molecule has 0 saturated heterocycles. The number of aryl methyl sites for hydroxylation is 1. The summed E-state index contributed by atoms with van der Waals surface area (Å²) in [4.78, 5) is 0. The Balaban J connectivity index is 2.59. The maximum Gasteiger partial charge on any atom is 0.144 e. The van der Waals surface area contributed by atoms with Gasteiger partial charge >= 0.3 is 0 Å². The monoisotopic (exact) mass is 285 g/mol. The second kappa shape index (κ2) is 6.60. The summed E-state index contributed by atoms with van der Waals surface area (Å²) in [5, 5.41) is 0.780. The maximum atomic E-state index is 11.9. The minimum atomic E-state index is -1.18. The van der Waals surface area contributed by atoms with E-state index in [2.05, 4.69) is 4.40 Å². The molecule has 100 valence electrons. The smallest absolute Gasteiger partial charge is 0.144 e. The molecule has 0 aliphatic heterocycles. The van der Waals surface area contributed by atoms with E-state index in [-0.39, 0.29) is 4.75 Å². The Morgan fingerprint density at radius 2 is 1.94 bits per heavy atom. The quantitative estimate of drug-likeness (QED) is 0.603. The minimum absolute atomic E-state index is 0.300. The largest absolute Gasteiger partial charge is 0.591 e. The van der Waals surface area contributed by atoms with Gasteiger partial charge in [-0.2, -0.15) is 0 Å². The van der Waals surface area contributed by atoms with Crippen molar-refractivity contribution in [1.82, 2.24) is 0 Å². The second-order valence-electron chi connectivity index (χ2n) is 5.28. The van der Waals surface area contributed by atoms with Gasteiger partial charge in [-0.05, 0) is 52.2 Å². The Labute approximate surface area is 118 Å². The lowest BCUT2D eigenvalue weighted by molar-refractivity contribution is 0.561. The molecule has 1 aromatic carbocycles. The number of hydrogen-bond donors (Lipinski definition) is 0. The molecular formula is C14H20ClNOS. The highest BCUT2D eigenvalue weighted by atomic mass is 35.5. The van der Waals surface area contributed by atoms with Gasteiger partial charge in [0.1, 0.15) is 16.1 Å². The average molecular weight is 286 g/mol. The molecule has 1 rings (SSSR count). The fourth-order valence-corrected chi connectivity index (χ4v) is 2.22. The Hall–Kier alpha value is -0.510. The predicted molar refractivity (Wildman–Crippen MR) is 80.8 cm³/mol. The third kappa shape index (κ3) is 5.01. The third-order valence-corrected chi connectivity index (χ3v) is 4.37. The highest BCUT2D eigenvalue weighted by Crippen LogP contribution is 2.19. The van der Waals surface area contributed by atoms with Crippen LogP contribution in [0, 0.1) is 0 Å². The molecule has 0 aliphatic carbocycles. The molecule has 18 heavy (non-hydrogen) atoms. The Bertz CT molecular complexity index is 426. The van der Waals surface area contributed by atoms with E-state index in [0.29, 0.717) is 0 Å². The van der Waals surface area contributed by atoms with E-state index in [1.807, 2.05) is 52.0 Å². The van der Waals surface area contributed by atoms with Gasteiger partial charge in [0.15, 0.2) is 0 Å². The summed E-state index contributed by atoms with van der Waals surface area (Å²) >= 11 is 4.91. The van der Waals surface area contributed by atoms with Crippen LogP contribution in [0.2, 0.25) is 5.02 Å². The first-order chi connectivity index (χ1) is 8.30. The molecule has 0 saturated carbocycles. The number of halogens is 1. The molecule has 0 heterocycles. The van der Waals surface area contributed by atoms with E-state index in [1.165, 1.54) is 0 Å². The lowest BCUT2D eigenvalue weighted by Gasteiger charge is -2.18. The van der Waals surface area contributed by atoms with Crippen molar-refractivity contribution < 1.29 is 4.55 Å². The molecule has 0 amide bonds. The lowest BCUT2D eigenvalue weighted by Crippen LogP contribution is -2.26. The summed E-state index contributed by atoms with van der Waals surface area (Å²) in [7, 11) is 0. The molecule has 1 atom stereocenters. The van der Waals surface area contributed by atoms with Crippen molar-refractivity contribution in [3.8, 4) is 0 Å². The lowest BCUT2D eigenvalue weighted by atomic mass is 10.1. The summed E-state index contributed by atoms with van der Waals surface area (Å²) < 4.78 is 15.8. The molecule has 0 unspecified atom stereocenters. The standard InChI is InChI=1S/C14H20ClNOS/c1-11(16-18(17)14(2,3)4)9-10-12-7-5-6-8-13(12)15/h5-8H,9-10H2,1-4H3/b16-11-/t18-/m0/s1. The molecule has 0 aromatic heterocycles. The van der Waals surface area contributed by atoms with E-state index in [9.17, 15) is 4.55 Å². The van der Waals surface area contributed by atoms with E-state index in [0.717, 1.165) is 29.1 Å². The van der Waals surface area contributed by atoms with Crippen LogP contribution in [-0.2, 0) is 17.8 Å². The second-order valence-corrected chi connectivity index (χ2v) is 7.59. The maximum absolute atomic E-state index is 11.9. The van der Waals surface area contributed by atoms with Gasteiger partial charge in [-0.15, -0.1) is 0 Å². The first-order valence-corrected chi connectivity index (χ1v) is 7.49. The molecule has 2 nitrogen and oxygen atoms in total. The molecule has 0 radical (unpaired) electrons. The molecule has 0 spiro atoms. The van der Waals surface area contributed by atoms with Crippen molar-refractivity contribution in [3.05, 3.63) is 34.9 Å². The Morgan fingerprint density at radius 3 is 2.50 bits per heavy atom. The van der Waals surface area contributed by atoms with Crippen LogP contribution in [0.15, 0.2) is 28.7 Å². The fourth-order valence-electron chi connectivity index (χ4n) is 1.34. The van der Waals surface area contributed by atoms with Gasteiger partial charge < -0.3 is 4.55 Å². The van der Waals surface area contributed by atoms with Crippen molar-refractivity contribution in [2.45, 2.75) is 45.3 Å². The van der Waals surface area contributed by atoms with Crippen LogP contribution in [-0.4, -0.2) is 15.0 Å². The minimum Gasteiger partial charge on any atom is -0.591 e. The van der Waals surface area contributed by atoms with Gasteiger partial charge in [-0.25, -0.2) is 0 Å². The Kier molecular flexibility index (Phi) is 5.70. The van der Waals surface area contributed by atoms with Gasteiger partial charge in [-0.1, -0.05) is 34.2 Å². The van der Waals surface area contributed by atoms with Crippen LogP contribution in [0.1, 0.15) is 39.7 Å². The first-order valence-electron chi connectivity index (χ1n) is 6.00. The molecule has 1 aromatic rings. The topological polar surface area (TPSA) is 35.4 Å². The highest BCUT2D eigenvalue weighted by molar-refractivity contribution is 7.91. The van der Waals surface area contributed by atoms with Gasteiger partial charge in [-0.3, -0.25) is 0 Å². The van der Waals surface area contributed by atoms with E-state index in [4.69, 9.17) is 11.6 Å². The predicted octanol–water partition coefficient (Wildman–Crippen LogP) is 4.20. The normalized spacial score (nSPS) is 14.7. The Morgan fingerprint density at radius 1 is 1.33 bits per heavy atom. The van der Waals surface area contributed by atoms with E-state index < -0.39 is 11.4 Å². The van der Waals surface area contributed by atoms with E-state index >= 15 is 0 Å². The van der Waals surface area contributed by atoms with Crippen LogP contribution >= 0.6 is 11.6 Å². The van der Waals surface area contributed by atoms with Crippen LogP contribution < -0.4 is 0 Å². The summed E-state index contributed by atoms with van der Waals surface area (Å²) in [6, 6.07) is 7.79. The van der Waals surface area contributed by atoms with Gasteiger partial charge in [0.2, 0.25) is 0 Å². The number of nitrogens with zero attached hydrogens (tertiary/aromatic N) is 1. The van der Waals surface area contributed by atoms with Crippen LogP contribution in [0.5, 0.6) is 0 Å². The summed E-state index contributed by atoms with van der Waals surface area (Å²) in [5.41, 5.74) is 2.01. The van der Waals surface area contributed by atoms with Gasteiger partial charge in [0, 0.05) is 5.02 Å². The summed E-state index contributed by atoms with van der Waals surface area (Å²) in [5.74, 6) is 0. The van der Waals surface area contributed by atoms with Crippen LogP contribution in [0.25, 0.3) is 0 Å². The zero-order valence-electron chi connectivity index (χ0n) is 11.4. The highest BCUT2D eigenvalue weighted by Gasteiger charge is 2.26. The third-order valence-electron chi connectivity index (χ3n) is 2.48.